The molecule has 0 aliphatic heterocycles. The molecule has 0 unspecified atom stereocenters. The zero-order chi connectivity index (χ0) is 17.2. The van der Waals surface area contributed by atoms with Crippen molar-refractivity contribution in [3.63, 3.8) is 0 Å². The highest BCUT2D eigenvalue weighted by atomic mass is 32.2. The summed E-state index contributed by atoms with van der Waals surface area (Å²) >= 11 is 0. The van der Waals surface area contributed by atoms with Gasteiger partial charge < -0.3 is 4.74 Å². The number of Topliss-reactive ketones (excluding diaryl/α,β-unsaturated/α-hetero) is 1. The Morgan fingerprint density at radius 2 is 1.67 bits per heavy atom. The zero-order valence-electron chi connectivity index (χ0n) is 13.6. The molecule has 0 aromatic heterocycles. The Hall–Kier alpha value is -2.14. The lowest BCUT2D eigenvalue weighted by molar-refractivity contribution is 0.0921. The van der Waals surface area contributed by atoms with Gasteiger partial charge >= 0.3 is 0 Å². The molecular weight excluding hydrogens is 324 g/mol. The Bertz CT molecular complexity index is 851. The van der Waals surface area contributed by atoms with Crippen LogP contribution in [0.4, 0.5) is 0 Å². The summed E-state index contributed by atoms with van der Waals surface area (Å²) in [4.78, 5) is 12.5. The number of carbonyl (C=O) groups excluding carboxylic acids is 1. The van der Waals surface area contributed by atoms with Crippen LogP contribution in [-0.2, 0) is 22.7 Å². The number of fused-ring (bicyclic) bond motifs is 1. The SMILES string of the molecule is CS(=O)(=O)c1ccc(OCC(=O)c2ccc3c(c2)CCCC3)cc1. The van der Waals surface area contributed by atoms with Gasteiger partial charge in [-0.2, -0.15) is 0 Å². The van der Waals surface area contributed by atoms with Gasteiger partial charge in [0.05, 0.1) is 4.90 Å². The third-order valence-corrected chi connectivity index (χ3v) is 5.42. The summed E-state index contributed by atoms with van der Waals surface area (Å²) in [6, 6.07) is 12.0. The molecule has 1 aliphatic carbocycles. The van der Waals surface area contributed by atoms with Crippen molar-refractivity contribution >= 4 is 15.6 Å². The molecule has 0 amide bonds. The van der Waals surface area contributed by atoms with Gasteiger partial charge in [0, 0.05) is 11.8 Å². The van der Waals surface area contributed by atoms with Crippen LogP contribution in [0, 0.1) is 0 Å². The number of benzene rings is 2. The van der Waals surface area contributed by atoms with E-state index in [4.69, 9.17) is 4.74 Å². The molecule has 3 rings (SSSR count). The first-order valence-electron chi connectivity index (χ1n) is 8.01. The van der Waals surface area contributed by atoms with E-state index >= 15 is 0 Å². The molecule has 0 spiro atoms. The molecule has 0 saturated heterocycles. The fraction of sp³-hybridized carbons (Fsp3) is 0.316. The maximum atomic E-state index is 12.3. The number of sulfone groups is 1. The molecule has 126 valence electrons. The summed E-state index contributed by atoms with van der Waals surface area (Å²) in [6.07, 6.45) is 5.67. The van der Waals surface area contributed by atoms with Crippen molar-refractivity contribution in [2.45, 2.75) is 30.6 Å². The number of ether oxygens (including phenoxy) is 1. The van der Waals surface area contributed by atoms with Crippen LogP contribution < -0.4 is 4.74 Å². The van der Waals surface area contributed by atoms with Crippen LogP contribution in [0.25, 0.3) is 0 Å². The minimum Gasteiger partial charge on any atom is -0.485 e. The number of hydrogen-bond acceptors (Lipinski definition) is 4. The predicted molar refractivity (Wildman–Crippen MR) is 92.5 cm³/mol. The zero-order valence-corrected chi connectivity index (χ0v) is 14.4. The number of carbonyl (C=O) groups is 1. The molecule has 0 heterocycles. The Labute approximate surface area is 142 Å². The third-order valence-electron chi connectivity index (χ3n) is 4.29. The summed E-state index contributed by atoms with van der Waals surface area (Å²) in [5.41, 5.74) is 3.28. The molecule has 0 radical (unpaired) electrons. The standard InChI is InChI=1S/C19H20O4S/c1-24(21,22)18-10-8-17(9-11-18)23-13-19(20)16-7-6-14-4-2-3-5-15(14)12-16/h6-12H,2-5,13H2,1H3. The molecule has 5 heteroatoms. The van der Waals surface area contributed by atoms with Crippen molar-refractivity contribution in [3.8, 4) is 5.75 Å². The van der Waals surface area contributed by atoms with E-state index in [9.17, 15) is 13.2 Å². The van der Waals surface area contributed by atoms with Crippen LogP contribution in [0.1, 0.15) is 34.3 Å². The first-order chi connectivity index (χ1) is 11.4. The highest BCUT2D eigenvalue weighted by Crippen LogP contribution is 2.22. The van der Waals surface area contributed by atoms with Gasteiger partial charge in [-0.25, -0.2) is 8.42 Å². The molecule has 1 aliphatic rings. The van der Waals surface area contributed by atoms with Gasteiger partial charge in [0.15, 0.2) is 22.2 Å². The second-order valence-corrected chi connectivity index (χ2v) is 8.16. The van der Waals surface area contributed by atoms with Crippen molar-refractivity contribution in [1.29, 1.82) is 0 Å². The van der Waals surface area contributed by atoms with Crippen LogP contribution in [-0.4, -0.2) is 27.1 Å². The summed E-state index contributed by atoms with van der Waals surface area (Å²) < 4.78 is 28.3. The lowest BCUT2D eigenvalue weighted by Gasteiger charge is -2.16. The molecule has 4 nitrogen and oxygen atoms in total. The third kappa shape index (κ3) is 3.85. The summed E-state index contributed by atoms with van der Waals surface area (Å²) in [6.45, 7) is -0.0585. The van der Waals surface area contributed by atoms with Gasteiger partial charge in [-0.3, -0.25) is 4.79 Å². The van der Waals surface area contributed by atoms with E-state index in [-0.39, 0.29) is 17.3 Å². The Kier molecular flexibility index (Phi) is 4.71. The summed E-state index contributed by atoms with van der Waals surface area (Å²) in [7, 11) is -3.23. The largest absolute Gasteiger partial charge is 0.485 e. The van der Waals surface area contributed by atoms with Crippen molar-refractivity contribution in [1.82, 2.24) is 0 Å². The van der Waals surface area contributed by atoms with Gasteiger partial charge in [-0.1, -0.05) is 12.1 Å². The molecule has 0 bridgehead atoms. The van der Waals surface area contributed by atoms with E-state index in [2.05, 4.69) is 0 Å². The molecule has 24 heavy (non-hydrogen) atoms. The number of rotatable bonds is 5. The fourth-order valence-electron chi connectivity index (χ4n) is 2.92. The summed E-state index contributed by atoms with van der Waals surface area (Å²) in [5.74, 6) is 0.407. The van der Waals surface area contributed by atoms with E-state index in [0.29, 0.717) is 11.3 Å². The van der Waals surface area contributed by atoms with Crippen LogP contribution in [0.15, 0.2) is 47.4 Å². The smallest absolute Gasteiger partial charge is 0.200 e. The van der Waals surface area contributed by atoms with E-state index in [1.807, 2.05) is 18.2 Å². The predicted octanol–water partition coefficient (Wildman–Crippen LogP) is 3.23. The molecule has 0 saturated carbocycles. The van der Waals surface area contributed by atoms with Crippen molar-refractivity contribution in [2.24, 2.45) is 0 Å². The molecule has 2 aromatic rings. The van der Waals surface area contributed by atoms with Crippen LogP contribution >= 0.6 is 0 Å². The molecule has 0 fully saturated rings. The monoisotopic (exact) mass is 344 g/mol. The topological polar surface area (TPSA) is 60.4 Å². The van der Waals surface area contributed by atoms with Gasteiger partial charge in [-0.05, 0) is 67.1 Å². The van der Waals surface area contributed by atoms with Crippen molar-refractivity contribution < 1.29 is 17.9 Å². The first kappa shape index (κ1) is 16.7. The van der Waals surface area contributed by atoms with Crippen LogP contribution in [0.3, 0.4) is 0 Å². The normalized spacial score (nSPS) is 14.0. The van der Waals surface area contributed by atoms with Crippen molar-refractivity contribution in [3.05, 3.63) is 59.2 Å². The minimum atomic E-state index is -3.23. The van der Waals surface area contributed by atoms with Gasteiger partial charge in [0.25, 0.3) is 0 Å². The van der Waals surface area contributed by atoms with E-state index in [0.717, 1.165) is 19.1 Å². The number of aryl methyl sites for hydroxylation is 2. The molecule has 0 N–H and O–H groups in total. The van der Waals surface area contributed by atoms with Crippen LogP contribution in [0.2, 0.25) is 0 Å². The van der Waals surface area contributed by atoms with Crippen molar-refractivity contribution in [2.75, 3.05) is 12.9 Å². The average Bonchev–Trinajstić information content (AvgIpc) is 2.59. The maximum absolute atomic E-state index is 12.3. The second kappa shape index (κ2) is 6.77. The maximum Gasteiger partial charge on any atom is 0.200 e. The van der Waals surface area contributed by atoms with E-state index in [1.165, 1.54) is 36.1 Å². The molecule has 2 aromatic carbocycles. The average molecular weight is 344 g/mol. The molecular formula is C19H20O4S. The number of ketones is 1. The minimum absolute atomic E-state index is 0.0585. The Balaban J connectivity index is 1.65. The van der Waals surface area contributed by atoms with Gasteiger partial charge in [0.2, 0.25) is 0 Å². The summed E-state index contributed by atoms with van der Waals surface area (Å²) in [5, 5.41) is 0. The van der Waals surface area contributed by atoms with Crippen LogP contribution in [0.5, 0.6) is 5.75 Å². The van der Waals surface area contributed by atoms with Gasteiger partial charge in [0.1, 0.15) is 5.75 Å². The number of hydrogen-bond donors (Lipinski definition) is 0. The second-order valence-electron chi connectivity index (χ2n) is 6.15. The highest BCUT2D eigenvalue weighted by Gasteiger charge is 2.13. The lowest BCUT2D eigenvalue weighted by atomic mass is 9.90. The fourth-order valence-corrected chi connectivity index (χ4v) is 3.55. The first-order valence-corrected chi connectivity index (χ1v) is 9.90. The van der Waals surface area contributed by atoms with E-state index in [1.54, 1.807) is 12.1 Å². The van der Waals surface area contributed by atoms with E-state index < -0.39 is 9.84 Å². The van der Waals surface area contributed by atoms with Gasteiger partial charge in [-0.15, -0.1) is 0 Å². The highest BCUT2D eigenvalue weighted by molar-refractivity contribution is 7.90. The Morgan fingerprint density at radius 3 is 2.33 bits per heavy atom. The molecule has 0 atom stereocenters. The quantitative estimate of drug-likeness (QED) is 0.781. The lowest BCUT2D eigenvalue weighted by Crippen LogP contribution is -2.13. The Morgan fingerprint density at radius 1 is 1.00 bits per heavy atom.